The molecule has 13 heavy (non-hydrogen) atoms. The summed E-state index contributed by atoms with van der Waals surface area (Å²) in [7, 11) is 0. The number of ether oxygens (including phenoxy) is 1. The maximum atomic E-state index is 10.9. The number of rotatable bonds is 5. The summed E-state index contributed by atoms with van der Waals surface area (Å²) in [6.07, 6.45) is 1.88. The normalized spacial score (nSPS) is 8.85. The van der Waals surface area contributed by atoms with Gasteiger partial charge in [-0.25, -0.2) is 4.79 Å². The Hall–Kier alpha value is -1.25. The quantitative estimate of drug-likeness (QED) is 0.400. The predicted molar refractivity (Wildman–Crippen MR) is 53.2 cm³/mol. The molecule has 3 nitrogen and oxygen atoms in total. The van der Waals surface area contributed by atoms with E-state index in [1.165, 1.54) is 5.57 Å². The van der Waals surface area contributed by atoms with Crippen LogP contribution in [0.2, 0.25) is 0 Å². The van der Waals surface area contributed by atoms with Gasteiger partial charge in [0.1, 0.15) is 6.61 Å². The molecule has 0 aliphatic rings. The maximum absolute atomic E-state index is 10.9. The first-order valence-electron chi connectivity index (χ1n) is 4.23. The third kappa shape index (κ3) is 7.12. The molecule has 0 aliphatic heterocycles. The van der Waals surface area contributed by atoms with Crippen molar-refractivity contribution in [2.24, 2.45) is 0 Å². The van der Waals surface area contributed by atoms with Gasteiger partial charge >= 0.3 is 5.97 Å². The molecule has 0 amide bonds. The van der Waals surface area contributed by atoms with Crippen LogP contribution in [0.3, 0.4) is 0 Å². The monoisotopic (exact) mass is 183 g/mol. The zero-order valence-electron chi connectivity index (χ0n) is 8.52. The van der Waals surface area contributed by atoms with Crippen LogP contribution in [0.15, 0.2) is 23.9 Å². The summed E-state index contributed by atoms with van der Waals surface area (Å²) < 4.78 is 4.86. The van der Waals surface area contributed by atoms with Crippen molar-refractivity contribution in [2.75, 3.05) is 13.2 Å². The summed E-state index contributed by atoms with van der Waals surface area (Å²) in [6, 6.07) is 0. The first-order chi connectivity index (χ1) is 6.04. The molecule has 0 aliphatic carbocycles. The van der Waals surface area contributed by atoms with Gasteiger partial charge in [0.25, 0.3) is 0 Å². The first kappa shape index (κ1) is 11.8. The van der Waals surface area contributed by atoms with Crippen molar-refractivity contribution in [3.63, 3.8) is 0 Å². The molecule has 0 unspecified atom stereocenters. The SMILES string of the molecule is C=C(C)C(=O)OCCNC=C(C)C. The van der Waals surface area contributed by atoms with Gasteiger partial charge in [0.2, 0.25) is 0 Å². The molecule has 74 valence electrons. The van der Waals surface area contributed by atoms with Gasteiger partial charge in [-0.05, 0) is 27.0 Å². The van der Waals surface area contributed by atoms with Crippen molar-refractivity contribution in [2.45, 2.75) is 20.8 Å². The molecule has 0 saturated heterocycles. The zero-order valence-corrected chi connectivity index (χ0v) is 8.52. The van der Waals surface area contributed by atoms with Crippen LogP contribution in [-0.2, 0) is 9.53 Å². The van der Waals surface area contributed by atoms with Gasteiger partial charge in [-0.15, -0.1) is 0 Å². The van der Waals surface area contributed by atoms with Gasteiger partial charge in [-0.1, -0.05) is 12.2 Å². The van der Waals surface area contributed by atoms with Gasteiger partial charge < -0.3 is 10.1 Å². The van der Waals surface area contributed by atoms with Gasteiger partial charge in [0.15, 0.2) is 0 Å². The van der Waals surface area contributed by atoms with E-state index in [0.717, 1.165) is 0 Å². The van der Waals surface area contributed by atoms with Gasteiger partial charge in [-0.3, -0.25) is 0 Å². The van der Waals surface area contributed by atoms with E-state index in [-0.39, 0.29) is 5.97 Å². The molecule has 0 atom stereocenters. The van der Waals surface area contributed by atoms with E-state index in [1.54, 1.807) is 6.92 Å². The molecule has 1 N–H and O–H groups in total. The minimum Gasteiger partial charge on any atom is -0.460 e. The second-order valence-corrected chi connectivity index (χ2v) is 3.09. The molecule has 3 heteroatoms. The third-order valence-corrected chi connectivity index (χ3v) is 1.22. The van der Waals surface area contributed by atoms with Crippen molar-refractivity contribution in [1.82, 2.24) is 5.32 Å². The lowest BCUT2D eigenvalue weighted by Crippen LogP contribution is -2.17. The molecule has 0 heterocycles. The summed E-state index contributed by atoms with van der Waals surface area (Å²) >= 11 is 0. The third-order valence-electron chi connectivity index (χ3n) is 1.22. The van der Waals surface area contributed by atoms with Crippen molar-refractivity contribution in [1.29, 1.82) is 0 Å². The van der Waals surface area contributed by atoms with E-state index in [9.17, 15) is 4.79 Å². The minimum atomic E-state index is -0.334. The lowest BCUT2D eigenvalue weighted by molar-refractivity contribution is -0.138. The number of nitrogens with one attached hydrogen (secondary N) is 1. The second kappa shape index (κ2) is 6.29. The number of carbonyl (C=O) groups excluding carboxylic acids is 1. The van der Waals surface area contributed by atoms with Crippen molar-refractivity contribution in [3.8, 4) is 0 Å². The summed E-state index contributed by atoms with van der Waals surface area (Å²) in [4.78, 5) is 10.9. The average Bonchev–Trinajstić information content (AvgIpc) is 2.02. The standard InChI is InChI=1S/C10H17NO2/c1-8(2)7-11-5-6-13-10(12)9(3)4/h7,11H,3,5-6H2,1-2,4H3. The Balaban J connectivity index is 3.42. The van der Waals surface area contributed by atoms with E-state index >= 15 is 0 Å². The highest BCUT2D eigenvalue weighted by molar-refractivity contribution is 5.86. The molecule has 0 fully saturated rings. The maximum Gasteiger partial charge on any atom is 0.333 e. The van der Waals surface area contributed by atoms with Crippen LogP contribution >= 0.6 is 0 Å². The second-order valence-electron chi connectivity index (χ2n) is 3.09. The molecule has 0 rings (SSSR count). The van der Waals surface area contributed by atoms with Crippen molar-refractivity contribution >= 4 is 5.97 Å². The molecule has 0 aromatic carbocycles. The van der Waals surface area contributed by atoms with E-state index in [0.29, 0.717) is 18.7 Å². The molecule has 0 aromatic rings. The number of carbonyl (C=O) groups is 1. The average molecular weight is 183 g/mol. The summed E-state index contributed by atoms with van der Waals surface area (Å²) in [6.45, 7) is 10.1. The molecule has 0 radical (unpaired) electrons. The largest absolute Gasteiger partial charge is 0.460 e. The van der Waals surface area contributed by atoms with E-state index in [2.05, 4.69) is 11.9 Å². The molecule has 0 aromatic heterocycles. The predicted octanol–water partition coefficient (Wildman–Crippen LogP) is 1.62. The Labute approximate surface area is 79.5 Å². The smallest absolute Gasteiger partial charge is 0.333 e. The summed E-state index contributed by atoms with van der Waals surface area (Å²) in [5.41, 5.74) is 1.62. The Bertz CT molecular complexity index is 215. The Morgan fingerprint density at radius 3 is 2.54 bits per heavy atom. The molecule has 0 saturated carbocycles. The fourth-order valence-electron chi connectivity index (χ4n) is 0.602. The highest BCUT2D eigenvalue weighted by Gasteiger charge is 2.00. The first-order valence-corrected chi connectivity index (χ1v) is 4.23. The van der Waals surface area contributed by atoms with E-state index in [4.69, 9.17) is 4.74 Å². The van der Waals surface area contributed by atoms with Gasteiger partial charge in [-0.2, -0.15) is 0 Å². The molecule has 0 spiro atoms. The van der Waals surface area contributed by atoms with Crippen molar-refractivity contribution < 1.29 is 9.53 Å². The summed E-state index contributed by atoms with van der Waals surface area (Å²) in [5.74, 6) is -0.334. The number of hydrogen-bond donors (Lipinski definition) is 1. The zero-order chi connectivity index (χ0) is 10.3. The van der Waals surface area contributed by atoms with Crippen LogP contribution in [0.5, 0.6) is 0 Å². The van der Waals surface area contributed by atoms with E-state index < -0.39 is 0 Å². The van der Waals surface area contributed by atoms with Gasteiger partial charge in [0.05, 0.1) is 0 Å². The van der Waals surface area contributed by atoms with Crippen LogP contribution in [0.1, 0.15) is 20.8 Å². The molecule has 0 bridgehead atoms. The lowest BCUT2D eigenvalue weighted by Gasteiger charge is -2.04. The van der Waals surface area contributed by atoms with Crippen LogP contribution in [0, 0.1) is 0 Å². The van der Waals surface area contributed by atoms with Crippen LogP contribution in [0.4, 0.5) is 0 Å². The van der Waals surface area contributed by atoms with Crippen molar-refractivity contribution in [3.05, 3.63) is 23.9 Å². The topological polar surface area (TPSA) is 38.3 Å². The Kier molecular flexibility index (Phi) is 5.68. The highest BCUT2D eigenvalue weighted by atomic mass is 16.5. The Morgan fingerprint density at radius 2 is 2.08 bits per heavy atom. The van der Waals surface area contributed by atoms with Gasteiger partial charge in [0, 0.05) is 12.1 Å². The summed E-state index contributed by atoms with van der Waals surface area (Å²) in [5, 5.41) is 3.01. The Morgan fingerprint density at radius 1 is 1.46 bits per heavy atom. The number of esters is 1. The highest BCUT2D eigenvalue weighted by Crippen LogP contribution is 1.90. The molecular weight excluding hydrogens is 166 g/mol. The van der Waals surface area contributed by atoms with Crippen LogP contribution in [-0.4, -0.2) is 19.1 Å². The number of hydrogen-bond acceptors (Lipinski definition) is 3. The van der Waals surface area contributed by atoms with E-state index in [1.807, 2.05) is 20.0 Å². The fourth-order valence-corrected chi connectivity index (χ4v) is 0.602. The lowest BCUT2D eigenvalue weighted by atomic mass is 10.4. The van der Waals surface area contributed by atoms with Crippen LogP contribution < -0.4 is 5.32 Å². The number of allylic oxidation sites excluding steroid dienone is 1. The minimum absolute atomic E-state index is 0.334. The molecular formula is C10H17NO2. The fraction of sp³-hybridized carbons (Fsp3) is 0.500. The van der Waals surface area contributed by atoms with Crippen LogP contribution in [0.25, 0.3) is 0 Å².